The van der Waals surface area contributed by atoms with Crippen molar-refractivity contribution in [1.29, 1.82) is 0 Å². The largest absolute Gasteiger partial charge is 0.482 e. The predicted octanol–water partition coefficient (Wildman–Crippen LogP) is 2.31. The Morgan fingerprint density at radius 3 is 3.04 bits per heavy atom. The van der Waals surface area contributed by atoms with Crippen LogP contribution in [0.1, 0.15) is 28.0 Å². The molecule has 0 unspecified atom stereocenters. The fourth-order valence-corrected chi connectivity index (χ4v) is 3.06. The van der Waals surface area contributed by atoms with Crippen molar-refractivity contribution in [3.8, 4) is 5.75 Å². The summed E-state index contributed by atoms with van der Waals surface area (Å²) in [6.45, 7) is 2.49. The van der Waals surface area contributed by atoms with Crippen LogP contribution in [0.3, 0.4) is 0 Å². The van der Waals surface area contributed by atoms with E-state index in [2.05, 4.69) is 17.2 Å². The predicted molar refractivity (Wildman–Crippen MR) is 87.9 cm³/mol. The normalized spacial score (nSPS) is 13.0. The third kappa shape index (κ3) is 3.34. The summed E-state index contributed by atoms with van der Waals surface area (Å²) in [6, 6.07) is 5.03. The lowest BCUT2D eigenvalue weighted by molar-refractivity contribution is -0.118. The minimum atomic E-state index is -0.191. The van der Waals surface area contributed by atoms with Crippen molar-refractivity contribution in [2.24, 2.45) is 0 Å². The van der Waals surface area contributed by atoms with E-state index < -0.39 is 0 Å². The molecule has 2 amide bonds. The van der Waals surface area contributed by atoms with Gasteiger partial charge in [-0.25, -0.2) is 4.98 Å². The third-order valence-corrected chi connectivity index (χ3v) is 4.55. The number of thiazole rings is 1. The SMILES string of the molecule is CCc1nc(CN(C)C(=O)c2ccc3c(c2)OCC(=O)N3)cs1. The smallest absolute Gasteiger partial charge is 0.262 e. The van der Waals surface area contributed by atoms with E-state index in [1.165, 1.54) is 0 Å². The Morgan fingerprint density at radius 2 is 2.30 bits per heavy atom. The Morgan fingerprint density at radius 1 is 1.48 bits per heavy atom. The Labute approximate surface area is 138 Å². The lowest BCUT2D eigenvalue weighted by Gasteiger charge is -2.20. The quantitative estimate of drug-likeness (QED) is 0.933. The molecule has 1 aliphatic rings. The highest BCUT2D eigenvalue weighted by atomic mass is 32.1. The second-order valence-corrected chi connectivity index (χ2v) is 6.24. The number of aryl methyl sites for hydroxylation is 1. The Bertz CT molecular complexity index is 757. The Balaban J connectivity index is 1.73. The minimum Gasteiger partial charge on any atom is -0.482 e. The van der Waals surface area contributed by atoms with E-state index >= 15 is 0 Å². The van der Waals surface area contributed by atoms with E-state index in [4.69, 9.17) is 4.74 Å². The van der Waals surface area contributed by atoms with E-state index in [0.29, 0.717) is 23.5 Å². The number of anilines is 1. The fourth-order valence-electron chi connectivity index (χ4n) is 2.33. The number of fused-ring (bicyclic) bond motifs is 1. The zero-order valence-corrected chi connectivity index (χ0v) is 13.8. The first-order valence-corrected chi connectivity index (χ1v) is 8.20. The first kappa shape index (κ1) is 15.5. The van der Waals surface area contributed by atoms with Gasteiger partial charge in [0.15, 0.2) is 6.61 Å². The van der Waals surface area contributed by atoms with Crippen molar-refractivity contribution in [3.05, 3.63) is 39.8 Å². The highest BCUT2D eigenvalue weighted by Crippen LogP contribution is 2.29. The molecule has 1 aliphatic heterocycles. The molecule has 0 radical (unpaired) electrons. The van der Waals surface area contributed by atoms with Crippen LogP contribution in [-0.2, 0) is 17.8 Å². The monoisotopic (exact) mass is 331 g/mol. The van der Waals surface area contributed by atoms with Crippen LogP contribution in [0.25, 0.3) is 0 Å². The molecule has 23 heavy (non-hydrogen) atoms. The van der Waals surface area contributed by atoms with E-state index in [1.807, 2.05) is 5.38 Å². The molecule has 0 bridgehead atoms. The van der Waals surface area contributed by atoms with E-state index in [1.54, 1.807) is 41.5 Å². The number of aromatic nitrogens is 1. The number of ether oxygens (including phenoxy) is 1. The van der Waals surface area contributed by atoms with Gasteiger partial charge < -0.3 is 15.0 Å². The van der Waals surface area contributed by atoms with Crippen LogP contribution in [0, 0.1) is 0 Å². The highest BCUT2D eigenvalue weighted by molar-refractivity contribution is 7.09. The van der Waals surface area contributed by atoms with Crippen molar-refractivity contribution < 1.29 is 14.3 Å². The summed E-state index contributed by atoms with van der Waals surface area (Å²) in [6.07, 6.45) is 0.899. The summed E-state index contributed by atoms with van der Waals surface area (Å²) < 4.78 is 5.35. The van der Waals surface area contributed by atoms with Crippen LogP contribution in [0.5, 0.6) is 5.75 Å². The first-order chi connectivity index (χ1) is 11.1. The standard InChI is InChI=1S/C16H17N3O3S/c1-3-15-17-11(9-23-15)7-19(2)16(21)10-4-5-12-13(6-10)22-8-14(20)18-12/h4-6,9H,3,7-8H2,1-2H3,(H,18,20). The summed E-state index contributed by atoms with van der Waals surface area (Å²) in [5.41, 5.74) is 2.00. The van der Waals surface area contributed by atoms with E-state index in [9.17, 15) is 9.59 Å². The second kappa shape index (κ2) is 6.37. The minimum absolute atomic E-state index is 0.0287. The number of benzene rings is 1. The molecule has 1 N–H and O–H groups in total. The molecule has 0 spiro atoms. The zero-order chi connectivity index (χ0) is 16.4. The lowest BCUT2D eigenvalue weighted by Crippen LogP contribution is -2.28. The number of nitrogens with zero attached hydrogens (tertiary/aromatic N) is 2. The van der Waals surface area contributed by atoms with Gasteiger partial charge in [-0.1, -0.05) is 6.92 Å². The van der Waals surface area contributed by atoms with Crippen LogP contribution >= 0.6 is 11.3 Å². The molecule has 0 fully saturated rings. The number of amides is 2. The maximum Gasteiger partial charge on any atom is 0.262 e. The Hall–Kier alpha value is -2.41. The van der Waals surface area contributed by atoms with Crippen molar-refractivity contribution in [2.75, 3.05) is 19.0 Å². The average molecular weight is 331 g/mol. The Kier molecular flexibility index (Phi) is 4.29. The van der Waals surface area contributed by atoms with Crippen LogP contribution < -0.4 is 10.1 Å². The number of carbonyl (C=O) groups excluding carboxylic acids is 2. The van der Waals surface area contributed by atoms with E-state index in [-0.39, 0.29) is 18.4 Å². The number of carbonyl (C=O) groups is 2. The summed E-state index contributed by atoms with van der Waals surface area (Å²) in [5, 5.41) is 5.76. The summed E-state index contributed by atoms with van der Waals surface area (Å²) >= 11 is 1.61. The van der Waals surface area contributed by atoms with Gasteiger partial charge in [0.2, 0.25) is 0 Å². The van der Waals surface area contributed by atoms with Gasteiger partial charge in [0.25, 0.3) is 11.8 Å². The first-order valence-electron chi connectivity index (χ1n) is 7.32. The zero-order valence-electron chi connectivity index (χ0n) is 13.0. The van der Waals surface area contributed by atoms with Crippen molar-refractivity contribution >= 4 is 28.8 Å². The molecule has 1 aromatic carbocycles. The maximum absolute atomic E-state index is 12.5. The molecular formula is C16H17N3O3S. The molecule has 2 aromatic rings. The summed E-state index contributed by atoms with van der Waals surface area (Å²) in [5.74, 6) is 0.217. The molecule has 7 heteroatoms. The number of hydrogen-bond donors (Lipinski definition) is 1. The second-order valence-electron chi connectivity index (χ2n) is 5.30. The molecule has 120 valence electrons. The van der Waals surface area contributed by atoms with Crippen LogP contribution in [0.15, 0.2) is 23.6 Å². The van der Waals surface area contributed by atoms with Crippen molar-refractivity contribution in [2.45, 2.75) is 19.9 Å². The maximum atomic E-state index is 12.5. The molecular weight excluding hydrogens is 314 g/mol. The van der Waals surface area contributed by atoms with Gasteiger partial charge in [-0.3, -0.25) is 9.59 Å². The van der Waals surface area contributed by atoms with Gasteiger partial charge in [0.1, 0.15) is 5.75 Å². The van der Waals surface area contributed by atoms with E-state index in [0.717, 1.165) is 17.1 Å². The van der Waals surface area contributed by atoms with Gasteiger partial charge in [0.05, 0.1) is 22.9 Å². The van der Waals surface area contributed by atoms with Crippen molar-refractivity contribution in [3.63, 3.8) is 0 Å². The lowest BCUT2D eigenvalue weighted by atomic mass is 10.1. The number of rotatable bonds is 4. The van der Waals surface area contributed by atoms with Gasteiger partial charge in [-0.2, -0.15) is 0 Å². The molecule has 2 heterocycles. The summed E-state index contributed by atoms with van der Waals surface area (Å²) in [7, 11) is 1.75. The number of hydrogen-bond acceptors (Lipinski definition) is 5. The topological polar surface area (TPSA) is 71.5 Å². The fraction of sp³-hybridized carbons (Fsp3) is 0.312. The molecule has 1 aromatic heterocycles. The molecule has 0 saturated carbocycles. The van der Waals surface area contributed by atoms with Gasteiger partial charge in [-0.15, -0.1) is 11.3 Å². The summed E-state index contributed by atoms with van der Waals surface area (Å²) in [4.78, 5) is 29.9. The average Bonchev–Trinajstić information content (AvgIpc) is 3.01. The molecule has 0 atom stereocenters. The van der Waals surface area contributed by atoms with Gasteiger partial charge in [0, 0.05) is 18.0 Å². The third-order valence-electron chi connectivity index (χ3n) is 3.51. The molecule has 0 aliphatic carbocycles. The number of nitrogens with one attached hydrogen (secondary N) is 1. The van der Waals surface area contributed by atoms with Gasteiger partial charge in [-0.05, 0) is 24.6 Å². The molecule has 3 rings (SSSR count). The van der Waals surface area contributed by atoms with Gasteiger partial charge >= 0.3 is 0 Å². The molecule has 0 saturated heterocycles. The van der Waals surface area contributed by atoms with Crippen LogP contribution in [-0.4, -0.2) is 35.4 Å². The van der Waals surface area contributed by atoms with Crippen LogP contribution in [0.2, 0.25) is 0 Å². The van der Waals surface area contributed by atoms with Crippen LogP contribution in [0.4, 0.5) is 5.69 Å². The highest BCUT2D eigenvalue weighted by Gasteiger charge is 2.19. The van der Waals surface area contributed by atoms with Crippen molar-refractivity contribution in [1.82, 2.24) is 9.88 Å². The molecule has 6 nitrogen and oxygen atoms in total.